The second kappa shape index (κ2) is 5.38. The van der Waals surface area contributed by atoms with E-state index in [1.165, 1.54) is 0 Å². The first-order chi connectivity index (χ1) is 4.66. The molecule has 0 saturated carbocycles. The summed E-state index contributed by atoms with van der Waals surface area (Å²) < 4.78 is 5.05. The SMILES string of the molecule is CC(C)OCC(=O)CCN. The molecule has 0 aromatic carbocycles. The number of Topliss-reactive ketones (excluding diaryl/α,β-unsaturated/α-hetero) is 1. The lowest BCUT2D eigenvalue weighted by Gasteiger charge is -2.04. The maximum Gasteiger partial charge on any atom is 0.159 e. The van der Waals surface area contributed by atoms with Crippen molar-refractivity contribution in [3.63, 3.8) is 0 Å². The van der Waals surface area contributed by atoms with Crippen LogP contribution in [0.1, 0.15) is 20.3 Å². The van der Waals surface area contributed by atoms with Crippen LogP contribution in [0.25, 0.3) is 0 Å². The van der Waals surface area contributed by atoms with Gasteiger partial charge in [0.2, 0.25) is 0 Å². The number of rotatable bonds is 5. The van der Waals surface area contributed by atoms with Crippen LogP contribution in [-0.4, -0.2) is 25.0 Å². The van der Waals surface area contributed by atoms with Crippen molar-refractivity contribution in [1.29, 1.82) is 0 Å². The summed E-state index contributed by atoms with van der Waals surface area (Å²) in [5.41, 5.74) is 5.16. The third-order valence-corrected chi connectivity index (χ3v) is 1.00. The van der Waals surface area contributed by atoms with E-state index in [9.17, 15) is 4.79 Å². The molecule has 0 radical (unpaired) electrons. The van der Waals surface area contributed by atoms with Crippen LogP contribution in [0, 0.1) is 0 Å². The summed E-state index contributed by atoms with van der Waals surface area (Å²) in [5, 5.41) is 0. The van der Waals surface area contributed by atoms with Crippen LogP contribution >= 0.6 is 0 Å². The molecule has 0 aromatic heterocycles. The molecule has 0 bridgehead atoms. The summed E-state index contributed by atoms with van der Waals surface area (Å²) >= 11 is 0. The highest BCUT2D eigenvalue weighted by Crippen LogP contribution is 1.89. The van der Waals surface area contributed by atoms with Gasteiger partial charge in [-0.15, -0.1) is 0 Å². The van der Waals surface area contributed by atoms with E-state index < -0.39 is 0 Å². The zero-order chi connectivity index (χ0) is 7.98. The van der Waals surface area contributed by atoms with E-state index >= 15 is 0 Å². The number of nitrogens with two attached hydrogens (primary N) is 1. The Morgan fingerprint density at radius 3 is 2.60 bits per heavy atom. The van der Waals surface area contributed by atoms with Crippen molar-refractivity contribution in [3.05, 3.63) is 0 Å². The summed E-state index contributed by atoms with van der Waals surface area (Å²) in [6.07, 6.45) is 0.550. The molecule has 0 aliphatic heterocycles. The second-order valence-corrected chi connectivity index (χ2v) is 2.44. The van der Waals surface area contributed by atoms with Crippen molar-refractivity contribution < 1.29 is 9.53 Å². The Morgan fingerprint density at radius 2 is 2.20 bits per heavy atom. The molecule has 2 N–H and O–H groups in total. The van der Waals surface area contributed by atoms with Crippen molar-refractivity contribution >= 4 is 5.78 Å². The minimum Gasteiger partial charge on any atom is -0.371 e. The largest absolute Gasteiger partial charge is 0.371 e. The minimum absolute atomic E-state index is 0.0798. The Hall–Kier alpha value is -0.410. The van der Waals surface area contributed by atoms with Crippen molar-refractivity contribution in [2.45, 2.75) is 26.4 Å². The van der Waals surface area contributed by atoms with Gasteiger partial charge in [-0.05, 0) is 20.4 Å². The maximum atomic E-state index is 10.7. The molecule has 0 aliphatic carbocycles. The average Bonchev–Trinajstić information content (AvgIpc) is 1.85. The molecule has 0 spiro atoms. The first-order valence-electron chi connectivity index (χ1n) is 3.50. The fraction of sp³-hybridized carbons (Fsp3) is 0.857. The van der Waals surface area contributed by atoms with Crippen LogP contribution in [-0.2, 0) is 9.53 Å². The van der Waals surface area contributed by atoms with Crippen LogP contribution in [0.15, 0.2) is 0 Å². The van der Waals surface area contributed by atoms with E-state index in [1.807, 2.05) is 13.8 Å². The van der Waals surface area contributed by atoms with Crippen LogP contribution in [0.5, 0.6) is 0 Å². The van der Waals surface area contributed by atoms with Crippen LogP contribution in [0.2, 0.25) is 0 Å². The highest BCUT2D eigenvalue weighted by atomic mass is 16.5. The lowest BCUT2D eigenvalue weighted by atomic mass is 10.3. The Balaban J connectivity index is 3.22. The van der Waals surface area contributed by atoms with Gasteiger partial charge >= 0.3 is 0 Å². The first-order valence-corrected chi connectivity index (χ1v) is 3.50. The van der Waals surface area contributed by atoms with Crippen LogP contribution < -0.4 is 5.73 Å². The van der Waals surface area contributed by atoms with Gasteiger partial charge in [0, 0.05) is 6.42 Å². The molecule has 60 valence electrons. The fourth-order valence-electron chi connectivity index (χ4n) is 0.493. The zero-order valence-corrected chi connectivity index (χ0v) is 6.59. The maximum absolute atomic E-state index is 10.7. The summed E-state index contributed by atoms with van der Waals surface area (Å²) in [6, 6.07) is 0. The summed E-state index contributed by atoms with van der Waals surface area (Å²) in [7, 11) is 0. The molecule has 0 saturated heterocycles. The number of hydrogen-bond donors (Lipinski definition) is 1. The van der Waals surface area contributed by atoms with Gasteiger partial charge in [0.15, 0.2) is 5.78 Å². The minimum atomic E-state index is 0.0798. The van der Waals surface area contributed by atoms with Crippen molar-refractivity contribution in [1.82, 2.24) is 0 Å². The Morgan fingerprint density at radius 1 is 1.60 bits per heavy atom. The standard InChI is InChI=1S/C7H15NO2/c1-6(2)10-5-7(9)3-4-8/h6H,3-5,8H2,1-2H3. The van der Waals surface area contributed by atoms with E-state index in [0.29, 0.717) is 13.0 Å². The Labute approximate surface area is 61.5 Å². The molecular weight excluding hydrogens is 130 g/mol. The van der Waals surface area contributed by atoms with Crippen molar-refractivity contribution in [2.75, 3.05) is 13.2 Å². The summed E-state index contributed by atoms with van der Waals surface area (Å²) in [4.78, 5) is 10.7. The normalized spacial score (nSPS) is 10.4. The predicted octanol–water partition coefficient (Wildman–Crippen LogP) is 0.329. The topological polar surface area (TPSA) is 52.3 Å². The smallest absolute Gasteiger partial charge is 0.159 e. The number of ether oxygens (including phenoxy) is 1. The molecule has 0 amide bonds. The number of carbonyl (C=O) groups is 1. The van der Waals surface area contributed by atoms with Crippen molar-refractivity contribution in [3.8, 4) is 0 Å². The monoisotopic (exact) mass is 145 g/mol. The number of hydrogen-bond acceptors (Lipinski definition) is 3. The lowest BCUT2D eigenvalue weighted by molar-refractivity contribution is -0.124. The Kier molecular flexibility index (Phi) is 5.16. The highest BCUT2D eigenvalue weighted by Gasteiger charge is 2.00. The van der Waals surface area contributed by atoms with Crippen LogP contribution in [0.3, 0.4) is 0 Å². The third-order valence-electron chi connectivity index (χ3n) is 1.00. The average molecular weight is 145 g/mol. The third kappa shape index (κ3) is 5.72. The van der Waals surface area contributed by atoms with E-state index in [1.54, 1.807) is 0 Å². The molecule has 3 nitrogen and oxygen atoms in total. The lowest BCUT2D eigenvalue weighted by Crippen LogP contribution is -2.16. The molecule has 0 atom stereocenters. The van der Waals surface area contributed by atoms with Gasteiger partial charge in [-0.25, -0.2) is 0 Å². The van der Waals surface area contributed by atoms with E-state index in [-0.39, 0.29) is 18.5 Å². The highest BCUT2D eigenvalue weighted by molar-refractivity contribution is 5.79. The first kappa shape index (κ1) is 9.59. The number of carbonyl (C=O) groups excluding carboxylic acids is 1. The molecule has 0 rings (SSSR count). The van der Waals surface area contributed by atoms with Gasteiger partial charge in [0.25, 0.3) is 0 Å². The summed E-state index contributed by atoms with van der Waals surface area (Å²) in [6.45, 7) is 4.42. The predicted molar refractivity (Wildman–Crippen MR) is 39.8 cm³/mol. The molecule has 10 heavy (non-hydrogen) atoms. The quantitative estimate of drug-likeness (QED) is 0.606. The van der Waals surface area contributed by atoms with Crippen molar-refractivity contribution in [2.24, 2.45) is 5.73 Å². The number of ketones is 1. The molecule has 3 heteroatoms. The van der Waals surface area contributed by atoms with Gasteiger partial charge in [-0.3, -0.25) is 4.79 Å². The Bertz CT molecular complexity index is 102. The summed E-state index contributed by atoms with van der Waals surface area (Å²) in [5.74, 6) is 0.0798. The van der Waals surface area contributed by atoms with E-state index in [2.05, 4.69) is 0 Å². The second-order valence-electron chi connectivity index (χ2n) is 2.44. The van der Waals surface area contributed by atoms with Gasteiger partial charge in [0.05, 0.1) is 6.10 Å². The molecule has 0 aliphatic rings. The molecule has 0 fully saturated rings. The molecule has 0 heterocycles. The fourth-order valence-corrected chi connectivity index (χ4v) is 0.493. The van der Waals surface area contributed by atoms with Gasteiger partial charge in [0.1, 0.15) is 6.61 Å². The van der Waals surface area contributed by atoms with Crippen LogP contribution in [0.4, 0.5) is 0 Å². The molecule has 0 aromatic rings. The molecular formula is C7H15NO2. The van der Waals surface area contributed by atoms with E-state index in [4.69, 9.17) is 10.5 Å². The van der Waals surface area contributed by atoms with Gasteiger partial charge < -0.3 is 10.5 Å². The van der Waals surface area contributed by atoms with Gasteiger partial charge in [-0.1, -0.05) is 0 Å². The molecule has 0 unspecified atom stereocenters. The van der Waals surface area contributed by atoms with Gasteiger partial charge in [-0.2, -0.15) is 0 Å². The zero-order valence-electron chi connectivity index (χ0n) is 6.59. The van der Waals surface area contributed by atoms with E-state index in [0.717, 1.165) is 0 Å².